The molecule has 0 aliphatic carbocycles. The molecular weight excluding hydrogens is 311 g/mol. The topological polar surface area (TPSA) is 76.5 Å². The number of piperidine rings is 1. The van der Waals surface area contributed by atoms with Crippen molar-refractivity contribution in [1.29, 1.82) is 0 Å². The van der Waals surface area contributed by atoms with Crippen molar-refractivity contribution >= 4 is 11.7 Å². The largest absolute Gasteiger partial charge is 0.431 e. The van der Waals surface area contributed by atoms with Crippen LogP contribution in [0.4, 0.5) is 13.2 Å². The first kappa shape index (κ1) is 15.7. The van der Waals surface area contributed by atoms with Gasteiger partial charge in [0.2, 0.25) is 11.7 Å². The van der Waals surface area contributed by atoms with Gasteiger partial charge in [-0.1, -0.05) is 6.42 Å². The number of aromatic nitrogens is 3. The van der Waals surface area contributed by atoms with E-state index in [4.69, 9.17) is 5.73 Å². The van der Waals surface area contributed by atoms with Crippen LogP contribution in [0, 0.1) is 0 Å². The van der Waals surface area contributed by atoms with Gasteiger partial charge < -0.3 is 5.73 Å². The Bertz CT molecular complexity index is 727. The standard InChI is InChI=1S/C14H16F3N5O/c15-14(16,17)11-7-9(20-13-19-4-6-22(11)13)10-3-1-2-5-21(10)8-12(18)23/h4,6-7,10H,1-3,5,8H2,(H2,18,23). The Morgan fingerprint density at radius 1 is 1.39 bits per heavy atom. The molecule has 1 atom stereocenters. The first-order valence-corrected chi connectivity index (χ1v) is 7.30. The van der Waals surface area contributed by atoms with Gasteiger partial charge in [-0.25, -0.2) is 9.97 Å². The quantitative estimate of drug-likeness (QED) is 0.932. The molecule has 124 valence electrons. The minimum absolute atomic E-state index is 0.000534. The van der Waals surface area contributed by atoms with E-state index in [1.807, 2.05) is 0 Å². The van der Waals surface area contributed by atoms with E-state index in [1.54, 1.807) is 4.90 Å². The molecule has 6 nitrogen and oxygen atoms in total. The first-order valence-electron chi connectivity index (χ1n) is 7.30. The third-order valence-electron chi connectivity index (χ3n) is 4.00. The Kier molecular flexibility index (Phi) is 3.97. The highest BCUT2D eigenvalue weighted by atomic mass is 19.4. The summed E-state index contributed by atoms with van der Waals surface area (Å²) in [5.41, 5.74) is 4.69. The maximum atomic E-state index is 13.3. The Hall–Kier alpha value is -2.16. The molecule has 1 fully saturated rings. The van der Waals surface area contributed by atoms with Gasteiger partial charge in [-0.3, -0.25) is 14.1 Å². The number of imidazole rings is 1. The zero-order valence-electron chi connectivity index (χ0n) is 12.3. The number of carbonyl (C=O) groups excluding carboxylic acids is 1. The van der Waals surface area contributed by atoms with Crippen LogP contribution in [-0.4, -0.2) is 38.3 Å². The van der Waals surface area contributed by atoms with Crippen LogP contribution in [0.15, 0.2) is 18.5 Å². The summed E-state index contributed by atoms with van der Waals surface area (Å²) >= 11 is 0. The Balaban J connectivity index is 2.05. The second-order valence-corrected chi connectivity index (χ2v) is 5.61. The molecule has 2 N–H and O–H groups in total. The Labute approximate surface area is 130 Å². The lowest BCUT2D eigenvalue weighted by Gasteiger charge is -2.34. The molecule has 1 unspecified atom stereocenters. The molecule has 0 radical (unpaired) electrons. The summed E-state index contributed by atoms with van der Waals surface area (Å²) in [5.74, 6) is -0.505. The number of alkyl halides is 3. The smallest absolute Gasteiger partial charge is 0.369 e. The SMILES string of the molecule is NC(=O)CN1CCCCC1c1cc(C(F)(F)F)n2ccnc2n1. The monoisotopic (exact) mass is 327 g/mol. The Morgan fingerprint density at radius 3 is 2.87 bits per heavy atom. The number of fused-ring (bicyclic) bond motifs is 1. The fourth-order valence-corrected chi connectivity index (χ4v) is 3.03. The summed E-state index contributed by atoms with van der Waals surface area (Å²) in [7, 11) is 0. The van der Waals surface area contributed by atoms with Crippen molar-refractivity contribution in [3.8, 4) is 0 Å². The number of nitrogens with two attached hydrogens (primary N) is 1. The van der Waals surface area contributed by atoms with Crippen molar-refractivity contribution < 1.29 is 18.0 Å². The average Bonchev–Trinajstić information content (AvgIpc) is 2.93. The van der Waals surface area contributed by atoms with Crippen molar-refractivity contribution in [2.75, 3.05) is 13.1 Å². The van der Waals surface area contributed by atoms with Crippen LogP contribution in [0.25, 0.3) is 5.78 Å². The lowest BCUT2D eigenvalue weighted by molar-refractivity contribution is -0.142. The van der Waals surface area contributed by atoms with E-state index >= 15 is 0 Å². The maximum Gasteiger partial charge on any atom is 0.431 e. The highest BCUT2D eigenvalue weighted by Gasteiger charge is 2.36. The molecule has 9 heteroatoms. The summed E-state index contributed by atoms with van der Waals surface area (Å²) in [6.07, 6.45) is 0.374. The summed E-state index contributed by atoms with van der Waals surface area (Å²) < 4.78 is 40.8. The first-order chi connectivity index (χ1) is 10.9. The molecule has 3 rings (SSSR count). The molecule has 0 aromatic carbocycles. The second kappa shape index (κ2) is 5.80. The number of carbonyl (C=O) groups is 1. The van der Waals surface area contributed by atoms with E-state index in [0.717, 1.165) is 23.3 Å². The minimum atomic E-state index is -4.51. The van der Waals surface area contributed by atoms with Crippen molar-refractivity contribution in [3.63, 3.8) is 0 Å². The summed E-state index contributed by atoms with van der Waals surface area (Å²) in [4.78, 5) is 21.1. The third-order valence-corrected chi connectivity index (χ3v) is 4.00. The van der Waals surface area contributed by atoms with Gasteiger partial charge in [0.05, 0.1) is 18.3 Å². The van der Waals surface area contributed by atoms with Gasteiger partial charge in [-0.05, 0) is 25.5 Å². The van der Waals surface area contributed by atoms with Crippen LogP contribution < -0.4 is 5.73 Å². The van der Waals surface area contributed by atoms with E-state index in [2.05, 4.69) is 9.97 Å². The molecule has 1 saturated heterocycles. The van der Waals surface area contributed by atoms with Crippen LogP contribution in [-0.2, 0) is 11.0 Å². The van der Waals surface area contributed by atoms with Gasteiger partial charge in [0.25, 0.3) is 0 Å². The van der Waals surface area contributed by atoms with Crippen molar-refractivity contribution in [1.82, 2.24) is 19.3 Å². The predicted octanol–water partition coefficient (Wildman–Crippen LogP) is 1.76. The zero-order chi connectivity index (χ0) is 16.6. The highest BCUT2D eigenvalue weighted by molar-refractivity contribution is 5.76. The zero-order valence-corrected chi connectivity index (χ0v) is 12.3. The molecule has 1 aliphatic rings. The number of likely N-dealkylation sites (tertiary alicyclic amines) is 1. The van der Waals surface area contributed by atoms with E-state index in [1.165, 1.54) is 12.4 Å². The molecule has 0 saturated carbocycles. The van der Waals surface area contributed by atoms with Crippen LogP contribution in [0.5, 0.6) is 0 Å². The average molecular weight is 327 g/mol. The number of nitrogens with zero attached hydrogens (tertiary/aromatic N) is 4. The molecule has 1 amide bonds. The van der Waals surface area contributed by atoms with Gasteiger partial charge in [0, 0.05) is 12.4 Å². The molecule has 0 bridgehead atoms. The lowest BCUT2D eigenvalue weighted by Crippen LogP contribution is -2.40. The number of hydrogen-bond acceptors (Lipinski definition) is 4. The van der Waals surface area contributed by atoms with Crippen LogP contribution in [0.3, 0.4) is 0 Å². The number of rotatable bonds is 3. The van der Waals surface area contributed by atoms with Crippen LogP contribution in [0.2, 0.25) is 0 Å². The van der Waals surface area contributed by atoms with Crippen LogP contribution >= 0.6 is 0 Å². The summed E-state index contributed by atoms with van der Waals surface area (Å²) in [5, 5.41) is 0. The van der Waals surface area contributed by atoms with Gasteiger partial charge in [-0.15, -0.1) is 0 Å². The van der Waals surface area contributed by atoms with Crippen molar-refractivity contribution in [2.24, 2.45) is 5.73 Å². The Morgan fingerprint density at radius 2 is 2.17 bits per heavy atom. The molecule has 1 aliphatic heterocycles. The fourth-order valence-electron chi connectivity index (χ4n) is 3.03. The van der Waals surface area contributed by atoms with E-state index in [9.17, 15) is 18.0 Å². The van der Waals surface area contributed by atoms with E-state index < -0.39 is 17.8 Å². The van der Waals surface area contributed by atoms with Crippen molar-refractivity contribution in [2.45, 2.75) is 31.5 Å². The normalized spacial score (nSPS) is 20.0. The van der Waals surface area contributed by atoms with Crippen molar-refractivity contribution in [3.05, 3.63) is 29.8 Å². The second-order valence-electron chi connectivity index (χ2n) is 5.61. The number of amides is 1. The third kappa shape index (κ3) is 3.14. The summed E-state index contributed by atoms with van der Waals surface area (Å²) in [6.45, 7) is 0.615. The fraction of sp³-hybridized carbons (Fsp3) is 0.500. The van der Waals surface area contributed by atoms with Gasteiger partial charge in [-0.2, -0.15) is 13.2 Å². The summed E-state index contributed by atoms with van der Waals surface area (Å²) in [6, 6.07) is 0.678. The molecule has 2 aromatic rings. The molecule has 3 heterocycles. The number of halogens is 3. The number of hydrogen-bond donors (Lipinski definition) is 1. The highest BCUT2D eigenvalue weighted by Crippen LogP contribution is 2.34. The lowest BCUT2D eigenvalue weighted by atomic mass is 9.98. The molecule has 2 aromatic heterocycles. The molecular formula is C14H16F3N5O. The van der Waals surface area contributed by atoms with Gasteiger partial charge >= 0.3 is 6.18 Å². The van der Waals surface area contributed by atoms with Gasteiger partial charge in [0.15, 0.2) is 0 Å². The molecule has 0 spiro atoms. The van der Waals surface area contributed by atoms with Crippen LogP contribution in [0.1, 0.15) is 36.7 Å². The van der Waals surface area contributed by atoms with E-state index in [0.29, 0.717) is 13.0 Å². The predicted molar refractivity (Wildman–Crippen MR) is 75.3 cm³/mol. The minimum Gasteiger partial charge on any atom is -0.369 e. The number of primary amides is 1. The van der Waals surface area contributed by atoms with E-state index in [-0.39, 0.29) is 24.1 Å². The van der Waals surface area contributed by atoms with Gasteiger partial charge in [0.1, 0.15) is 5.69 Å². The maximum absolute atomic E-state index is 13.3. The molecule has 23 heavy (non-hydrogen) atoms.